The first-order chi connectivity index (χ1) is 7.61. The molecule has 1 aliphatic rings. The highest BCUT2D eigenvalue weighted by Crippen LogP contribution is 2.27. The topological polar surface area (TPSA) is 58.6 Å². The lowest BCUT2D eigenvalue weighted by Gasteiger charge is -2.34. The Morgan fingerprint density at radius 2 is 2.19 bits per heavy atom. The van der Waals surface area contributed by atoms with Crippen molar-refractivity contribution in [3.05, 3.63) is 0 Å². The quantitative estimate of drug-likeness (QED) is 0.619. The molecule has 0 aliphatic heterocycles. The lowest BCUT2D eigenvalue weighted by Crippen LogP contribution is -2.48. The minimum absolute atomic E-state index is 0.159. The molecule has 0 saturated heterocycles. The maximum absolute atomic E-state index is 10.7. The lowest BCUT2D eigenvalue weighted by atomic mass is 9.79. The maximum atomic E-state index is 10.7. The van der Waals surface area contributed by atoms with Gasteiger partial charge in [-0.15, -0.1) is 0 Å². The predicted octanol–water partition coefficient (Wildman–Crippen LogP) is 1.50. The van der Waals surface area contributed by atoms with Crippen LogP contribution in [0.25, 0.3) is 0 Å². The molecule has 4 nitrogen and oxygen atoms in total. The fraction of sp³-hybridized carbons (Fsp3) is 0.917. The molecule has 0 radical (unpaired) electrons. The summed E-state index contributed by atoms with van der Waals surface area (Å²) in [7, 11) is 0. The summed E-state index contributed by atoms with van der Waals surface area (Å²) in [5.41, 5.74) is 0. The van der Waals surface area contributed by atoms with Crippen molar-refractivity contribution in [3.8, 4) is 0 Å². The Morgan fingerprint density at radius 1 is 1.44 bits per heavy atom. The molecule has 1 aliphatic carbocycles. The van der Waals surface area contributed by atoms with Crippen LogP contribution in [-0.4, -0.2) is 36.9 Å². The largest absolute Gasteiger partial charge is 0.481 e. The number of hydrogen-bond donors (Lipinski definition) is 2. The summed E-state index contributed by atoms with van der Waals surface area (Å²) in [4.78, 5) is 10.7. The van der Waals surface area contributed by atoms with Crippen LogP contribution in [0, 0.1) is 11.8 Å². The van der Waals surface area contributed by atoms with Crippen molar-refractivity contribution in [1.29, 1.82) is 0 Å². The van der Waals surface area contributed by atoms with E-state index in [4.69, 9.17) is 9.84 Å². The molecule has 1 rings (SSSR count). The third kappa shape index (κ3) is 4.49. The molecule has 0 amide bonds. The number of carboxylic acid groups (broad SMARTS) is 1. The van der Waals surface area contributed by atoms with Crippen LogP contribution in [0.4, 0.5) is 0 Å². The van der Waals surface area contributed by atoms with E-state index in [2.05, 4.69) is 19.2 Å². The molecule has 2 atom stereocenters. The van der Waals surface area contributed by atoms with E-state index in [0.29, 0.717) is 12.5 Å². The van der Waals surface area contributed by atoms with E-state index >= 15 is 0 Å². The van der Waals surface area contributed by atoms with Crippen LogP contribution < -0.4 is 5.32 Å². The van der Waals surface area contributed by atoms with Crippen LogP contribution >= 0.6 is 0 Å². The van der Waals surface area contributed by atoms with Gasteiger partial charge in [-0.05, 0) is 25.2 Å². The fourth-order valence-electron chi connectivity index (χ4n) is 1.78. The van der Waals surface area contributed by atoms with Crippen molar-refractivity contribution in [1.82, 2.24) is 5.32 Å². The van der Waals surface area contributed by atoms with Crippen LogP contribution in [0.1, 0.15) is 33.1 Å². The van der Waals surface area contributed by atoms with E-state index in [1.165, 1.54) is 0 Å². The standard InChI is InChI=1S/C12H23NO3/c1-9(2)5-7-16-8-6-13-11-4-3-10(11)12(14)15/h9-11,13H,3-8H2,1-2H3,(H,14,15). The predicted molar refractivity (Wildman–Crippen MR) is 62.4 cm³/mol. The molecule has 0 spiro atoms. The zero-order valence-corrected chi connectivity index (χ0v) is 10.2. The molecule has 0 bridgehead atoms. The summed E-state index contributed by atoms with van der Waals surface area (Å²) in [6.45, 7) is 6.58. The minimum atomic E-state index is -0.676. The Hall–Kier alpha value is -0.610. The molecule has 2 N–H and O–H groups in total. The number of carboxylic acids is 1. The van der Waals surface area contributed by atoms with Crippen molar-refractivity contribution < 1.29 is 14.6 Å². The summed E-state index contributed by atoms with van der Waals surface area (Å²) in [6.07, 6.45) is 2.87. The van der Waals surface area contributed by atoms with E-state index in [-0.39, 0.29) is 12.0 Å². The van der Waals surface area contributed by atoms with Gasteiger partial charge in [0.25, 0.3) is 0 Å². The fourth-order valence-corrected chi connectivity index (χ4v) is 1.78. The highest BCUT2D eigenvalue weighted by Gasteiger charge is 2.35. The van der Waals surface area contributed by atoms with Crippen molar-refractivity contribution in [3.63, 3.8) is 0 Å². The monoisotopic (exact) mass is 229 g/mol. The molecule has 0 aromatic carbocycles. The zero-order chi connectivity index (χ0) is 12.0. The Bertz CT molecular complexity index is 218. The van der Waals surface area contributed by atoms with Gasteiger partial charge in [0.2, 0.25) is 0 Å². The van der Waals surface area contributed by atoms with Gasteiger partial charge in [0.05, 0.1) is 12.5 Å². The number of nitrogens with one attached hydrogen (secondary N) is 1. The normalized spacial score (nSPS) is 24.4. The second kappa shape index (κ2) is 6.86. The lowest BCUT2D eigenvalue weighted by molar-refractivity contribution is -0.146. The van der Waals surface area contributed by atoms with Gasteiger partial charge < -0.3 is 15.2 Å². The second-order valence-corrected chi connectivity index (χ2v) is 4.88. The highest BCUT2D eigenvalue weighted by atomic mass is 16.5. The summed E-state index contributed by atoms with van der Waals surface area (Å²) in [5.74, 6) is -0.184. The number of hydrogen-bond acceptors (Lipinski definition) is 3. The van der Waals surface area contributed by atoms with Gasteiger partial charge >= 0.3 is 5.97 Å². The van der Waals surface area contributed by atoms with Gasteiger partial charge in [0.15, 0.2) is 0 Å². The van der Waals surface area contributed by atoms with Crippen LogP contribution in [0.2, 0.25) is 0 Å². The summed E-state index contributed by atoms with van der Waals surface area (Å²) < 4.78 is 5.45. The Balaban J connectivity index is 1.94. The second-order valence-electron chi connectivity index (χ2n) is 4.88. The van der Waals surface area contributed by atoms with Gasteiger partial charge in [-0.3, -0.25) is 4.79 Å². The van der Waals surface area contributed by atoms with Gasteiger partial charge in [-0.25, -0.2) is 0 Å². The number of carbonyl (C=O) groups is 1. The van der Waals surface area contributed by atoms with Crippen LogP contribution in [0.15, 0.2) is 0 Å². The molecule has 1 saturated carbocycles. The van der Waals surface area contributed by atoms with Crippen molar-refractivity contribution >= 4 is 5.97 Å². The Morgan fingerprint density at radius 3 is 2.69 bits per heavy atom. The van der Waals surface area contributed by atoms with Gasteiger partial charge in [0.1, 0.15) is 0 Å². The third-order valence-corrected chi connectivity index (χ3v) is 3.08. The third-order valence-electron chi connectivity index (χ3n) is 3.08. The van der Waals surface area contributed by atoms with Crippen molar-refractivity contribution in [2.45, 2.75) is 39.2 Å². The number of rotatable bonds is 8. The molecule has 16 heavy (non-hydrogen) atoms. The molecular weight excluding hydrogens is 206 g/mol. The van der Waals surface area contributed by atoms with E-state index in [1.807, 2.05) is 0 Å². The van der Waals surface area contributed by atoms with Crippen LogP contribution in [-0.2, 0) is 9.53 Å². The molecule has 1 fully saturated rings. The maximum Gasteiger partial charge on any atom is 0.308 e. The van der Waals surface area contributed by atoms with E-state index in [1.54, 1.807) is 0 Å². The van der Waals surface area contributed by atoms with Gasteiger partial charge in [-0.2, -0.15) is 0 Å². The van der Waals surface area contributed by atoms with Crippen LogP contribution in [0.5, 0.6) is 0 Å². The van der Waals surface area contributed by atoms with E-state index in [0.717, 1.165) is 32.4 Å². The molecule has 0 heterocycles. The van der Waals surface area contributed by atoms with Gasteiger partial charge in [0, 0.05) is 19.2 Å². The molecule has 0 aromatic rings. The minimum Gasteiger partial charge on any atom is -0.481 e. The first-order valence-electron chi connectivity index (χ1n) is 6.15. The molecule has 2 unspecified atom stereocenters. The summed E-state index contributed by atoms with van der Waals surface area (Å²) in [6, 6.07) is 0.159. The first kappa shape index (κ1) is 13.5. The number of ether oxygens (including phenoxy) is 1. The zero-order valence-electron chi connectivity index (χ0n) is 10.2. The summed E-state index contributed by atoms with van der Waals surface area (Å²) in [5, 5.41) is 12.1. The van der Waals surface area contributed by atoms with Crippen molar-refractivity contribution in [2.75, 3.05) is 19.8 Å². The Labute approximate surface area is 97.4 Å². The van der Waals surface area contributed by atoms with Gasteiger partial charge in [-0.1, -0.05) is 13.8 Å². The molecule has 4 heteroatoms. The Kier molecular flexibility index (Phi) is 5.77. The number of aliphatic carboxylic acids is 1. The smallest absolute Gasteiger partial charge is 0.308 e. The van der Waals surface area contributed by atoms with Crippen LogP contribution in [0.3, 0.4) is 0 Å². The molecule has 0 aromatic heterocycles. The molecular formula is C12H23NO3. The summed E-state index contributed by atoms with van der Waals surface area (Å²) >= 11 is 0. The van der Waals surface area contributed by atoms with E-state index in [9.17, 15) is 4.79 Å². The van der Waals surface area contributed by atoms with Crippen molar-refractivity contribution in [2.24, 2.45) is 11.8 Å². The average molecular weight is 229 g/mol. The first-order valence-corrected chi connectivity index (χ1v) is 6.15. The molecule has 94 valence electrons. The average Bonchev–Trinajstić information content (AvgIpc) is 2.13. The SMILES string of the molecule is CC(C)CCOCCNC1CCC1C(=O)O. The highest BCUT2D eigenvalue weighted by molar-refractivity contribution is 5.72. The van der Waals surface area contributed by atoms with E-state index < -0.39 is 5.97 Å².